The van der Waals surface area contributed by atoms with Crippen LogP contribution in [0, 0.1) is 35.0 Å². The highest BCUT2D eigenvalue weighted by molar-refractivity contribution is 5.80. The van der Waals surface area contributed by atoms with Crippen LogP contribution in [0.4, 0.5) is 0 Å². The molecule has 4 aliphatic carbocycles. The van der Waals surface area contributed by atoms with Gasteiger partial charge in [0, 0.05) is 0 Å². The minimum Gasteiger partial charge on any atom is -0.456 e. The molecule has 0 radical (unpaired) electrons. The predicted molar refractivity (Wildman–Crippen MR) is 100 cm³/mol. The van der Waals surface area contributed by atoms with Gasteiger partial charge in [-0.25, -0.2) is 4.79 Å². The second-order valence-corrected chi connectivity index (χ2v) is 9.75. The van der Waals surface area contributed by atoms with Crippen molar-refractivity contribution in [1.82, 2.24) is 0 Å². The maximum Gasteiger partial charge on any atom is 0.344 e. The standard InChI is InChI=1S/C22H36O4/c1-6-14(3)22(17-9-15-8-16(11-17)12-18(22)10-15)26-19(23)13-25-20(24)21(4,5)7-2/h14-18H,6-13H2,1-5H3. The molecule has 4 fully saturated rings. The Hall–Kier alpha value is -1.06. The van der Waals surface area contributed by atoms with Gasteiger partial charge in [0.1, 0.15) is 5.60 Å². The predicted octanol–water partition coefficient (Wildman–Crippen LogP) is 4.75. The fourth-order valence-corrected chi connectivity index (χ4v) is 6.00. The van der Waals surface area contributed by atoms with Crippen molar-refractivity contribution in [1.29, 1.82) is 0 Å². The molecule has 4 nitrogen and oxygen atoms in total. The van der Waals surface area contributed by atoms with Gasteiger partial charge in [0.2, 0.25) is 0 Å². The second-order valence-electron chi connectivity index (χ2n) is 9.75. The van der Waals surface area contributed by atoms with Gasteiger partial charge < -0.3 is 9.47 Å². The van der Waals surface area contributed by atoms with E-state index in [2.05, 4.69) is 13.8 Å². The molecular weight excluding hydrogens is 328 g/mol. The molecule has 4 aliphatic rings. The highest BCUT2D eigenvalue weighted by atomic mass is 16.6. The summed E-state index contributed by atoms with van der Waals surface area (Å²) < 4.78 is 11.5. The molecule has 148 valence electrons. The summed E-state index contributed by atoms with van der Waals surface area (Å²) in [5, 5.41) is 0. The molecule has 1 unspecified atom stereocenters. The topological polar surface area (TPSA) is 52.6 Å². The molecule has 0 N–H and O–H groups in total. The Morgan fingerprint density at radius 2 is 1.58 bits per heavy atom. The number of ether oxygens (including phenoxy) is 2. The van der Waals surface area contributed by atoms with E-state index in [-0.39, 0.29) is 24.1 Å². The zero-order valence-corrected chi connectivity index (χ0v) is 17.2. The van der Waals surface area contributed by atoms with Crippen LogP contribution in [0.2, 0.25) is 0 Å². The molecule has 4 bridgehead atoms. The van der Waals surface area contributed by atoms with E-state index in [1.165, 1.54) is 32.1 Å². The minimum absolute atomic E-state index is 0.257. The maximum atomic E-state index is 12.7. The smallest absolute Gasteiger partial charge is 0.344 e. The van der Waals surface area contributed by atoms with E-state index in [0.29, 0.717) is 24.2 Å². The fourth-order valence-electron chi connectivity index (χ4n) is 6.00. The van der Waals surface area contributed by atoms with Gasteiger partial charge in [-0.05, 0) is 88.4 Å². The molecule has 0 amide bonds. The van der Waals surface area contributed by atoms with Crippen LogP contribution in [0.25, 0.3) is 0 Å². The van der Waals surface area contributed by atoms with E-state index in [1.807, 2.05) is 20.8 Å². The van der Waals surface area contributed by atoms with Gasteiger partial charge in [-0.15, -0.1) is 0 Å². The molecule has 0 saturated heterocycles. The number of esters is 2. The van der Waals surface area contributed by atoms with Gasteiger partial charge in [-0.1, -0.05) is 20.8 Å². The van der Waals surface area contributed by atoms with Gasteiger partial charge in [-0.2, -0.15) is 0 Å². The summed E-state index contributed by atoms with van der Waals surface area (Å²) in [6, 6.07) is 0. The van der Waals surface area contributed by atoms with E-state index in [0.717, 1.165) is 18.3 Å². The monoisotopic (exact) mass is 364 g/mol. The Morgan fingerprint density at radius 3 is 2.04 bits per heavy atom. The van der Waals surface area contributed by atoms with Crippen molar-refractivity contribution in [2.45, 2.75) is 85.2 Å². The average Bonchev–Trinajstić information content (AvgIpc) is 2.61. The number of hydrogen-bond acceptors (Lipinski definition) is 4. The molecule has 26 heavy (non-hydrogen) atoms. The summed E-state index contributed by atoms with van der Waals surface area (Å²) in [5.74, 6) is 2.30. The van der Waals surface area contributed by atoms with Crippen LogP contribution in [0.5, 0.6) is 0 Å². The number of carbonyl (C=O) groups excluding carboxylic acids is 2. The summed E-state index contributed by atoms with van der Waals surface area (Å²) in [7, 11) is 0. The maximum absolute atomic E-state index is 12.7. The van der Waals surface area contributed by atoms with Gasteiger partial charge in [-0.3, -0.25) is 4.79 Å². The molecule has 0 aromatic carbocycles. The molecule has 4 heteroatoms. The van der Waals surface area contributed by atoms with Crippen molar-refractivity contribution in [3.8, 4) is 0 Å². The van der Waals surface area contributed by atoms with Crippen molar-refractivity contribution in [2.75, 3.05) is 6.61 Å². The van der Waals surface area contributed by atoms with Crippen molar-refractivity contribution < 1.29 is 19.1 Å². The Morgan fingerprint density at radius 1 is 1.04 bits per heavy atom. The average molecular weight is 365 g/mol. The molecule has 0 spiro atoms. The first-order valence-corrected chi connectivity index (χ1v) is 10.6. The first-order chi connectivity index (χ1) is 12.2. The highest BCUT2D eigenvalue weighted by Gasteiger charge is 2.61. The third-order valence-corrected chi connectivity index (χ3v) is 7.85. The van der Waals surface area contributed by atoms with Crippen LogP contribution in [-0.4, -0.2) is 24.1 Å². The summed E-state index contributed by atoms with van der Waals surface area (Å²) >= 11 is 0. The van der Waals surface area contributed by atoms with Crippen molar-refractivity contribution >= 4 is 11.9 Å². The molecule has 0 aromatic rings. The van der Waals surface area contributed by atoms with E-state index in [1.54, 1.807) is 0 Å². The Balaban J connectivity index is 1.70. The van der Waals surface area contributed by atoms with Crippen molar-refractivity contribution in [3.05, 3.63) is 0 Å². The highest BCUT2D eigenvalue weighted by Crippen LogP contribution is 2.62. The van der Waals surface area contributed by atoms with Crippen LogP contribution >= 0.6 is 0 Å². The van der Waals surface area contributed by atoms with E-state index >= 15 is 0 Å². The van der Waals surface area contributed by atoms with Crippen LogP contribution in [0.1, 0.15) is 79.6 Å². The minimum atomic E-state index is -0.558. The Kier molecular flexibility index (Phi) is 5.43. The Labute approximate surface area is 158 Å². The third-order valence-electron chi connectivity index (χ3n) is 7.85. The fraction of sp³-hybridized carbons (Fsp3) is 0.909. The lowest BCUT2D eigenvalue weighted by Crippen LogP contribution is -2.63. The molecule has 0 aliphatic heterocycles. The summed E-state index contributed by atoms with van der Waals surface area (Å²) in [4.78, 5) is 24.9. The number of hydrogen-bond donors (Lipinski definition) is 0. The van der Waals surface area contributed by atoms with Gasteiger partial charge in [0.15, 0.2) is 6.61 Å². The normalized spacial score (nSPS) is 36.7. The van der Waals surface area contributed by atoms with Crippen molar-refractivity contribution in [2.24, 2.45) is 35.0 Å². The summed E-state index contributed by atoms with van der Waals surface area (Å²) in [6.45, 7) is 9.81. The van der Waals surface area contributed by atoms with Gasteiger partial charge in [0.05, 0.1) is 5.41 Å². The van der Waals surface area contributed by atoms with Crippen LogP contribution in [-0.2, 0) is 19.1 Å². The lowest BCUT2D eigenvalue weighted by atomic mass is 9.47. The zero-order chi connectivity index (χ0) is 19.1. The molecule has 4 rings (SSSR count). The molecular formula is C22H36O4. The number of rotatable bonds is 7. The van der Waals surface area contributed by atoms with Crippen LogP contribution in [0.15, 0.2) is 0 Å². The second kappa shape index (κ2) is 7.16. The molecule has 1 atom stereocenters. The molecule has 0 heterocycles. The number of carbonyl (C=O) groups is 2. The third kappa shape index (κ3) is 3.29. The Bertz CT molecular complexity index is 522. The van der Waals surface area contributed by atoms with E-state index in [4.69, 9.17) is 9.47 Å². The quantitative estimate of drug-likeness (QED) is 0.612. The first kappa shape index (κ1) is 19.7. The first-order valence-electron chi connectivity index (χ1n) is 10.6. The summed E-state index contributed by atoms with van der Waals surface area (Å²) in [5.41, 5.74) is -0.900. The SMILES string of the molecule is CCC(C)C1(OC(=O)COC(=O)C(C)(C)CC)C2CC3CC(C2)CC1C3. The van der Waals surface area contributed by atoms with E-state index in [9.17, 15) is 9.59 Å². The lowest BCUT2D eigenvalue weighted by Gasteiger charge is -2.62. The zero-order valence-electron chi connectivity index (χ0n) is 17.2. The van der Waals surface area contributed by atoms with E-state index < -0.39 is 5.41 Å². The van der Waals surface area contributed by atoms with Crippen LogP contribution in [0.3, 0.4) is 0 Å². The van der Waals surface area contributed by atoms with Gasteiger partial charge in [0.25, 0.3) is 0 Å². The van der Waals surface area contributed by atoms with Crippen LogP contribution < -0.4 is 0 Å². The summed E-state index contributed by atoms with van der Waals surface area (Å²) in [6.07, 6.45) is 7.88. The van der Waals surface area contributed by atoms with Crippen molar-refractivity contribution in [3.63, 3.8) is 0 Å². The molecule has 4 saturated carbocycles. The molecule has 0 aromatic heterocycles. The lowest BCUT2D eigenvalue weighted by molar-refractivity contribution is -0.230. The largest absolute Gasteiger partial charge is 0.456 e. The van der Waals surface area contributed by atoms with Gasteiger partial charge >= 0.3 is 11.9 Å².